The predicted octanol–water partition coefficient (Wildman–Crippen LogP) is 6.07. The summed E-state index contributed by atoms with van der Waals surface area (Å²) in [7, 11) is 0. The first-order chi connectivity index (χ1) is 10.1. The van der Waals surface area contributed by atoms with Crippen LogP contribution in [0.15, 0.2) is 18.7 Å². The van der Waals surface area contributed by atoms with Crippen molar-refractivity contribution < 1.29 is 1.43 Å². The molecule has 0 heteroatoms. The number of allylic oxidation sites excluding steroid dienone is 1. The number of hydrogen-bond donors (Lipinski definition) is 0. The third-order valence-electron chi connectivity index (χ3n) is 6.62. The summed E-state index contributed by atoms with van der Waals surface area (Å²) in [6.45, 7) is 8.80. The summed E-state index contributed by atoms with van der Waals surface area (Å²) in [5, 5.41) is 0. The van der Waals surface area contributed by atoms with Gasteiger partial charge in [0, 0.05) is 1.43 Å². The van der Waals surface area contributed by atoms with Gasteiger partial charge >= 0.3 is 0 Å². The topological polar surface area (TPSA) is 0 Å². The lowest BCUT2D eigenvalue weighted by atomic mass is 9.67. The van der Waals surface area contributed by atoms with Crippen molar-refractivity contribution in [2.24, 2.45) is 5.41 Å². The first kappa shape index (κ1) is 13.6. The molecule has 21 heavy (non-hydrogen) atoms. The maximum Gasteiger partial charge on any atom is 0 e. The Kier molecular flexibility index (Phi) is 3.07. The van der Waals surface area contributed by atoms with Crippen LogP contribution >= 0.6 is 0 Å². The highest BCUT2D eigenvalue weighted by Gasteiger charge is 2.42. The summed E-state index contributed by atoms with van der Waals surface area (Å²) in [5.74, 6) is 1.80. The van der Waals surface area contributed by atoms with Gasteiger partial charge in [0.05, 0.1) is 0 Å². The van der Waals surface area contributed by atoms with E-state index in [1.807, 2.05) is 5.56 Å². The summed E-state index contributed by atoms with van der Waals surface area (Å²) in [6.07, 6.45) is 12.9. The first-order valence-electron chi connectivity index (χ1n) is 8.87. The molecule has 0 spiro atoms. The molecule has 2 bridgehead atoms. The molecule has 1 aromatic rings. The zero-order valence-corrected chi connectivity index (χ0v) is 13.7. The Labute approximate surface area is 131 Å². The summed E-state index contributed by atoms with van der Waals surface area (Å²) < 4.78 is 0. The lowest BCUT2D eigenvalue weighted by molar-refractivity contribution is 0.256. The molecule has 0 amide bonds. The van der Waals surface area contributed by atoms with Crippen molar-refractivity contribution in [3.05, 3.63) is 46.5 Å². The predicted molar refractivity (Wildman–Crippen MR) is 92.2 cm³/mol. The molecule has 1 aromatic carbocycles. The Morgan fingerprint density at radius 3 is 2.86 bits per heavy atom. The molecule has 1 saturated carbocycles. The van der Waals surface area contributed by atoms with Crippen LogP contribution in [0.2, 0.25) is 0 Å². The standard InChI is InChI=1S/C21H28.H2/c1-4-5-9-21(3)10-8-15-11-14(2)19-16-6-7-17(12-16)20(19)18(15)13-21;/h4,11,16-17H,1,5-10,12-13H2,2-3H3;1H. The van der Waals surface area contributed by atoms with Crippen LogP contribution in [0.5, 0.6) is 0 Å². The van der Waals surface area contributed by atoms with E-state index in [1.165, 1.54) is 51.4 Å². The van der Waals surface area contributed by atoms with Gasteiger partial charge in [0.25, 0.3) is 0 Å². The van der Waals surface area contributed by atoms with Gasteiger partial charge in [-0.25, -0.2) is 0 Å². The van der Waals surface area contributed by atoms with E-state index in [2.05, 4.69) is 32.6 Å². The minimum absolute atomic E-state index is 0. The Bertz CT molecular complexity index is 600. The van der Waals surface area contributed by atoms with Crippen molar-refractivity contribution in [2.75, 3.05) is 0 Å². The van der Waals surface area contributed by atoms with Crippen molar-refractivity contribution in [1.82, 2.24) is 0 Å². The van der Waals surface area contributed by atoms with E-state index in [0.29, 0.717) is 5.41 Å². The van der Waals surface area contributed by atoms with Gasteiger partial charge in [-0.1, -0.05) is 19.1 Å². The summed E-state index contributed by atoms with van der Waals surface area (Å²) >= 11 is 0. The minimum Gasteiger partial charge on any atom is -0.103 e. The number of benzene rings is 1. The quantitative estimate of drug-likeness (QED) is 0.590. The maximum absolute atomic E-state index is 3.92. The highest BCUT2D eigenvalue weighted by atomic mass is 14.5. The molecule has 3 unspecified atom stereocenters. The van der Waals surface area contributed by atoms with Crippen LogP contribution in [0, 0.1) is 12.3 Å². The molecule has 114 valence electrons. The maximum atomic E-state index is 3.92. The largest absolute Gasteiger partial charge is 0.103 e. The minimum atomic E-state index is 0. The molecule has 4 rings (SSSR count). The number of aryl methyl sites for hydroxylation is 2. The SMILES string of the molecule is C=CCCC1(C)CCc2cc(C)c3c(c2C1)C1CCC3C1.[HH]. The zero-order chi connectivity index (χ0) is 14.6. The Hall–Kier alpha value is -1.04. The molecule has 3 aliphatic carbocycles. The van der Waals surface area contributed by atoms with Crippen LogP contribution in [-0.4, -0.2) is 0 Å². The van der Waals surface area contributed by atoms with Crippen LogP contribution < -0.4 is 0 Å². The van der Waals surface area contributed by atoms with E-state index < -0.39 is 0 Å². The second-order valence-corrected chi connectivity index (χ2v) is 8.18. The molecule has 0 heterocycles. The van der Waals surface area contributed by atoms with E-state index in [0.717, 1.165) is 11.8 Å². The Morgan fingerprint density at radius 2 is 2.10 bits per heavy atom. The fourth-order valence-corrected chi connectivity index (χ4v) is 5.54. The molecule has 0 saturated heterocycles. The number of hydrogen-bond acceptors (Lipinski definition) is 0. The molecule has 0 radical (unpaired) electrons. The monoisotopic (exact) mass is 282 g/mol. The van der Waals surface area contributed by atoms with Crippen molar-refractivity contribution in [1.29, 1.82) is 0 Å². The van der Waals surface area contributed by atoms with E-state index in [-0.39, 0.29) is 1.43 Å². The normalized spacial score (nSPS) is 32.9. The molecule has 3 aliphatic rings. The Morgan fingerprint density at radius 1 is 1.33 bits per heavy atom. The third kappa shape index (κ3) is 2.02. The van der Waals surface area contributed by atoms with Gasteiger partial charge in [-0.15, -0.1) is 6.58 Å². The first-order valence-corrected chi connectivity index (χ1v) is 8.87. The van der Waals surface area contributed by atoms with Gasteiger partial charge in [-0.3, -0.25) is 0 Å². The van der Waals surface area contributed by atoms with Gasteiger partial charge in [-0.2, -0.15) is 0 Å². The lowest BCUT2D eigenvalue weighted by Crippen LogP contribution is -2.27. The van der Waals surface area contributed by atoms with Crippen molar-refractivity contribution >= 4 is 0 Å². The molecular formula is C21H30. The van der Waals surface area contributed by atoms with Gasteiger partial charge in [0.15, 0.2) is 0 Å². The van der Waals surface area contributed by atoms with E-state index >= 15 is 0 Å². The molecular weight excluding hydrogens is 252 g/mol. The molecule has 0 aromatic heterocycles. The highest BCUT2D eigenvalue weighted by molar-refractivity contribution is 5.55. The Balaban J connectivity index is 0.00000144. The average Bonchev–Trinajstić information content (AvgIpc) is 3.08. The van der Waals surface area contributed by atoms with Crippen LogP contribution in [0.4, 0.5) is 0 Å². The summed E-state index contributed by atoms with van der Waals surface area (Å²) in [6, 6.07) is 2.54. The van der Waals surface area contributed by atoms with Crippen LogP contribution in [0.1, 0.15) is 86.5 Å². The van der Waals surface area contributed by atoms with E-state index in [9.17, 15) is 0 Å². The van der Waals surface area contributed by atoms with Crippen molar-refractivity contribution in [3.8, 4) is 0 Å². The third-order valence-corrected chi connectivity index (χ3v) is 6.62. The van der Waals surface area contributed by atoms with Crippen LogP contribution in [0.25, 0.3) is 0 Å². The molecule has 0 nitrogen and oxygen atoms in total. The molecule has 0 aliphatic heterocycles. The van der Waals surface area contributed by atoms with Gasteiger partial charge in [0.2, 0.25) is 0 Å². The second-order valence-electron chi connectivity index (χ2n) is 8.18. The summed E-state index contributed by atoms with van der Waals surface area (Å²) in [4.78, 5) is 0. The smallest absolute Gasteiger partial charge is 0 e. The number of fused-ring (bicyclic) bond motifs is 7. The van der Waals surface area contributed by atoms with Gasteiger partial charge in [0.1, 0.15) is 0 Å². The molecule has 0 N–H and O–H groups in total. The van der Waals surface area contributed by atoms with E-state index in [4.69, 9.17) is 0 Å². The summed E-state index contributed by atoms with van der Waals surface area (Å²) in [5.41, 5.74) is 9.18. The lowest BCUT2D eigenvalue weighted by Gasteiger charge is -2.38. The number of rotatable bonds is 3. The van der Waals surface area contributed by atoms with E-state index in [1.54, 1.807) is 22.3 Å². The van der Waals surface area contributed by atoms with Crippen molar-refractivity contribution in [3.63, 3.8) is 0 Å². The fourth-order valence-electron chi connectivity index (χ4n) is 5.54. The molecule has 1 fully saturated rings. The fraction of sp³-hybridized carbons (Fsp3) is 0.619. The van der Waals surface area contributed by atoms with Gasteiger partial charge in [-0.05, 0) is 103 Å². The highest BCUT2D eigenvalue weighted by Crippen LogP contribution is 2.57. The average molecular weight is 282 g/mol. The molecule has 3 atom stereocenters. The van der Waals surface area contributed by atoms with Crippen molar-refractivity contribution in [2.45, 2.75) is 77.0 Å². The van der Waals surface area contributed by atoms with Crippen LogP contribution in [0.3, 0.4) is 0 Å². The van der Waals surface area contributed by atoms with Gasteiger partial charge < -0.3 is 0 Å². The zero-order valence-electron chi connectivity index (χ0n) is 13.7. The second kappa shape index (κ2) is 4.73. The van der Waals surface area contributed by atoms with Crippen LogP contribution in [-0.2, 0) is 12.8 Å².